The Hall–Kier alpha value is -1.89. The normalized spacial score (nSPS) is 22.2. The Morgan fingerprint density at radius 3 is 2.38 bits per heavy atom. The molecule has 1 aliphatic heterocycles. The molecular formula is C19H20ClNO4S. The highest BCUT2D eigenvalue weighted by Gasteiger charge is 2.45. The fraction of sp³-hybridized carbons (Fsp3) is 0.316. The van der Waals surface area contributed by atoms with Gasteiger partial charge in [-0.15, -0.1) is 0 Å². The van der Waals surface area contributed by atoms with Gasteiger partial charge in [-0.05, 0) is 31.0 Å². The van der Waals surface area contributed by atoms with Crippen LogP contribution in [0, 0.1) is 0 Å². The van der Waals surface area contributed by atoms with E-state index in [0.29, 0.717) is 0 Å². The Kier molecular flexibility index (Phi) is 5.37. The molecule has 0 bridgehead atoms. The van der Waals surface area contributed by atoms with E-state index in [4.69, 9.17) is 11.6 Å². The first-order chi connectivity index (χ1) is 12.3. The van der Waals surface area contributed by atoms with Crippen molar-refractivity contribution in [2.75, 3.05) is 6.54 Å². The summed E-state index contributed by atoms with van der Waals surface area (Å²) in [5, 5.41) is 8.98. The van der Waals surface area contributed by atoms with Crippen molar-refractivity contribution in [2.24, 2.45) is 0 Å². The number of benzene rings is 2. The fourth-order valence-corrected chi connectivity index (χ4v) is 5.72. The van der Waals surface area contributed by atoms with Crippen molar-refractivity contribution in [1.82, 2.24) is 4.90 Å². The van der Waals surface area contributed by atoms with Gasteiger partial charge < -0.3 is 5.11 Å². The second kappa shape index (κ2) is 7.39. The molecule has 2 aromatic rings. The van der Waals surface area contributed by atoms with Gasteiger partial charge in [0.2, 0.25) is 0 Å². The van der Waals surface area contributed by atoms with Gasteiger partial charge in [0.1, 0.15) is 6.04 Å². The zero-order valence-electron chi connectivity index (χ0n) is 14.2. The first kappa shape index (κ1) is 18.9. The van der Waals surface area contributed by atoms with E-state index in [1.807, 2.05) is 37.3 Å². The fourth-order valence-electron chi connectivity index (χ4n) is 3.49. The molecule has 3 atom stereocenters. The van der Waals surface area contributed by atoms with Crippen LogP contribution >= 0.6 is 11.6 Å². The third-order valence-corrected chi connectivity index (χ3v) is 7.58. The van der Waals surface area contributed by atoms with Gasteiger partial charge in [0, 0.05) is 12.6 Å². The first-order valence-electron chi connectivity index (χ1n) is 8.34. The minimum Gasteiger partial charge on any atom is -0.480 e. The number of hydrogen-bond acceptors (Lipinski definition) is 4. The number of likely N-dealkylation sites (tertiary alicyclic amines) is 1. The summed E-state index contributed by atoms with van der Waals surface area (Å²) in [6, 6.07) is 14.7. The van der Waals surface area contributed by atoms with Gasteiger partial charge in [-0.2, -0.15) is 0 Å². The van der Waals surface area contributed by atoms with Crippen LogP contribution in [0.2, 0.25) is 5.02 Å². The molecule has 1 unspecified atom stereocenters. The second-order valence-electron chi connectivity index (χ2n) is 6.47. The summed E-state index contributed by atoms with van der Waals surface area (Å²) in [6.45, 7) is 2.05. The highest BCUT2D eigenvalue weighted by molar-refractivity contribution is 7.92. The molecule has 1 fully saturated rings. The summed E-state index contributed by atoms with van der Waals surface area (Å²) < 4.78 is 26.0. The molecule has 1 aliphatic rings. The predicted octanol–water partition coefficient (Wildman–Crippen LogP) is 3.40. The smallest absolute Gasteiger partial charge is 0.320 e. The molecule has 7 heteroatoms. The molecule has 0 aliphatic carbocycles. The Morgan fingerprint density at radius 2 is 1.77 bits per heavy atom. The van der Waals surface area contributed by atoms with Crippen molar-refractivity contribution >= 4 is 27.4 Å². The molecule has 0 amide bonds. The van der Waals surface area contributed by atoms with E-state index in [1.165, 1.54) is 12.1 Å². The van der Waals surface area contributed by atoms with E-state index in [-0.39, 0.29) is 28.9 Å². The van der Waals surface area contributed by atoms with Crippen LogP contribution < -0.4 is 0 Å². The van der Waals surface area contributed by atoms with Gasteiger partial charge in [-0.1, -0.05) is 54.1 Å². The SMILES string of the molecule is CC(c1ccccc1)N1C[C@H](S(=O)(=O)c2ccccc2Cl)C[C@H]1C(=O)O. The van der Waals surface area contributed by atoms with E-state index < -0.39 is 27.1 Å². The van der Waals surface area contributed by atoms with E-state index >= 15 is 0 Å². The van der Waals surface area contributed by atoms with E-state index in [0.717, 1.165) is 5.56 Å². The molecule has 1 N–H and O–H groups in total. The van der Waals surface area contributed by atoms with Gasteiger partial charge in [0.05, 0.1) is 15.2 Å². The summed E-state index contributed by atoms with van der Waals surface area (Å²) in [7, 11) is -3.72. The second-order valence-corrected chi connectivity index (χ2v) is 9.07. The number of carboxylic acid groups (broad SMARTS) is 1. The van der Waals surface area contributed by atoms with Gasteiger partial charge in [0.25, 0.3) is 0 Å². The largest absolute Gasteiger partial charge is 0.480 e. The number of carboxylic acids is 1. The van der Waals surface area contributed by atoms with Crippen molar-refractivity contribution in [2.45, 2.75) is 35.6 Å². The lowest BCUT2D eigenvalue weighted by atomic mass is 10.1. The van der Waals surface area contributed by atoms with Crippen LogP contribution in [-0.4, -0.2) is 42.2 Å². The number of hydrogen-bond donors (Lipinski definition) is 1. The van der Waals surface area contributed by atoms with Crippen LogP contribution in [0.1, 0.15) is 24.9 Å². The monoisotopic (exact) mass is 393 g/mol. The Morgan fingerprint density at radius 1 is 1.15 bits per heavy atom. The molecule has 3 rings (SSSR count). The highest BCUT2D eigenvalue weighted by atomic mass is 35.5. The summed E-state index contributed by atoms with van der Waals surface area (Å²) in [6.07, 6.45) is 0.0417. The maximum Gasteiger partial charge on any atom is 0.320 e. The van der Waals surface area contributed by atoms with Crippen LogP contribution in [0.3, 0.4) is 0 Å². The lowest BCUT2D eigenvalue weighted by Crippen LogP contribution is -2.38. The Balaban J connectivity index is 1.93. The number of rotatable bonds is 5. The molecule has 5 nitrogen and oxygen atoms in total. The highest BCUT2D eigenvalue weighted by Crippen LogP contribution is 2.35. The van der Waals surface area contributed by atoms with E-state index in [1.54, 1.807) is 17.0 Å². The molecule has 26 heavy (non-hydrogen) atoms. The maximum absolute atomic E-state index is 13.0. The minimum atomic E-state index is -3.72. The summed E-state index contributed by atoms with van der Waals surface area (Å²) >= 11 is 6.07. The lowest BCUT2D eigenvalue weighted by Gasteiger charge is -2.28. The van der Waals surface area contributed by atoms with Crippen LogP contribution in [0.15, 0.2) is 59.5 Å². The Labute approximate surface area is 158 Å². The van der Waals surface area contributed by atoms with Crippen molar-refractivity contribution in [3.63, 3.8) is 0 Å². The van der Waals surface area contributed by atoms with Crippen molar-refractivity contribution in [1.29, 1.82) is 0 Å². The van der Waals surface area contributed by atoms with Crippen LogP contribution in [0.4, 0.5) is 0 Å². The molecule has 0 aromatic heterocycles. The Bertz CT molecular complexity index is 901. The van der Waals surface area contributed by atoms with Crippen LogP contribution in [-0.2, 0) is 14.6 Å². The van der Waals surface area contributed by atoms with Crippen LogP contribution in [0.5, 0.6) is 0 Å². The quantitative estimate of drug-likeness (QED) is 0.842. The minimum absolute atomic E-state index is 0.0417. The summed E-state index contributed by atoms with van der Waals surface area (Å²) in [5.74, 6) is -1.01. The number of carbonyl (C=O) groups is 1. The number of nitrogens with zero attached hydrogens (tertiary/aromatic N) is 1. The molecule has 1 heterocycles. The first-order valence-corrected chi connectivity index (χ1v) is 10.3. The molecule has 0 radical (unpaired) electrons. The third kappa shape index (κ3) is 3.49. The predicted molar refractivity (Wildman–Crippen MR) is 100 cm³/mol. The van der Waals surface area contributed by atoms with Crippen molar-refractivity contribution in [3.8, 4) is 0 Å². The van der Waals surface area contributed by atoms with Crippen molar-refractivity contribution < 1.29 is 18.3 Å². The van der Waals surface area contributed by atoms with Crippen LogP contribution in [0.25, 0.3) is 0 Å². The van der Waals surface area contributed by atoms with Gasteiger partial charge in [0.15, 0.2) is 9.84 Å². The molecule has 1 saturated heterocycles. The standard InChI is InChI=1S/C19H20ClNO4S/c1-13(14-7-3-2-4-8-14)21-12-15(11-17(21)19(22)23)26(24,25)18-10-6-5-9-16(18)20/h2-10,13,15,17H,11-12H2,1H3,(H,22,23)/t13?,15-,17+/m1/s1. The average molecular weight is 394 g/mol. The van der Waals surface area contributed by atoms with E-state index in [2.05, 4.69) is 0 Å². The molecular weight excluding hydrogens is 374 g/mol. The molecule has 0 saturated carbocycles. The maximum atomic E-state index is 13.0. The molecule has 0 spiro atoms. The number of sulfone groups is 1. The topological polar surface area (TPSA) is 74.7 Å². The average Bonchev–Trinajstić information content (AvgIpc) is 3.08. The van der Waals surface area contributed by atoms with Gasteiger partial charge in [-0.25, -0.2) is 8.42 Å². The summed E-state index contributed by atoms with van der Waals surface area (Å²) in [5.41, 5.74) is 0.953. The van der Waals surface area contributed by atoms with Gasteiger partial charge >= 0.3 is 5.97 Å². The summed E-state index contributed by atoms with van der Waals surface area (Å²) in [4.78, 5) is 13.6. The molecule has 2 aromatic carbocycles. The van der Waals surface area contributed by atoms with Gasteiger partial charge in [-0.3, -0.25) is 9.69 Å². The number of aliphatic carboxylic acids is 1. The molecule has 138 valence electrons. The van der Waals surface area contributed by atoms with E-state index in [9.17, 15) is 18.3 Å². The lowest BCUT2D eigenvalue weighted by molar-refractivity contribution is -0.142. The van der Waals surface area contributed by atoms with Crippen molar-refractivity contribution in [3.05, 3.63) is 65.2 Å². The zero-order chi connectivity index (χ0) is 18.9. The third-order valence-electron chi connectivity index (χ3n) is 4.95. The number of halogens is 1. The zero-order valence-corrected chi connectivity index (χ0v) is 15.8.